The first kappa shape index (κ1) is 25.3. The first-order chi connectivity index (χ1) is 19.0. The van der Waals surface area contributed by atoms with E-state index in [4.69, 9.17) is 32.7 Å². The van der Waals surface area contributed by atoms with Gasteiger partial charge in [0.1, 0.15) is 17.5 Å². The molecule has 0 aliphatic carbocycles. The van der Waals surface area contributed by atoms with E-state index in [2.05, 4.69) is 9.97 Å². The zero-order chi connectivity index (χ0) is 26.8. The summed E-state index contributed by atoms with van der Waals surface area (Å²) in [5.41, 5.74) is 4.06. The van der Waals surface area contributed by atoms with Crippen LogP contribution in [0, 0.1) is 0 Å². The number of halogens is 2. The molecule has 3 aromatic carbocycles. The summed E-state index contributed by atoms with van der Waals surface area (Å²) < 4.78 is 13.7. The second-order valence-corrected chi connectivity index (χ2v) is 10.3. The molecule has 0 spiro atoms. The van der Waals surface area contributed by atoms with E-state index in [0.29, 0.717) is 35.4 Å². The lowest BCUT2D eigenvalue weighted by Gasteiger charge is -2.35. The predicted molar refractivity (Wildman–Crippen MR) is 152 cm³/mol. The number of hydrogen-bond donors (Lipinski definition) is 1. The van der Waals surface area contributed by atoms with Gasteiger partial charge < -0.3 is 19.0 Å². The summed E-state index contributed by atoms with van der Waals surface area (Å²) in [5, 5.41) is 2.34. The van der Waals surface area contributed by atoms with E-state index in [9.17, 15) is 4.79 Å². The summed E-state index contributed by atoms with van der Waals surface area (Å²) in [6.07, 6.45) is 6.63. The van der Waals surface area contributed by atoms with Gasteiger partial charge in [0.15, 0.2) is 0 Å². The molecule has 0 fully saturated rings. The minimum absolute atomic E-state index is 0.366. The maximum Gasteiger partial charge on any atom is 0.416 e. The van der Waals surface area contributed by atoms with Crippen LogP contribution in [0.3, 0.4) is 0 Å². The van der Waals surface area contributed by atoms with Gasteiger partial charge in [0.25, 0.3) is 0 Å². The summed E-state index contributed by atoms with van der Waals surface area (Å²) in [6, 6.07) is 20.1. The minimum Gasteiger partial charge on any atom is -0.494 e. The number of aromatic nitrogens is 3. The smallest absolute Gasteiger partial charge is 0.416 e. The van der Waals surface area contributed by atoms with Gasteiger partial charge in [0, 0.05) is 52.1 Å². The molecule has 0 radical (unpaired) electrons. The Morgan fingerprint density at radius 1 is 1.00 bits per heavy atom. The first-order valence-electron chi connectivity index (χ1n) is 12.8. The highest BCUT2D eigenvalue weighted by atomic mass is 35.5. The van der Waals surface area contributed by atoms with Gasteiger partial charge in [-0.1, -0.05) is 35.3 Å². The third-order valence-corrected chi connectivity index (χ3v) is 7.41. The average Bonchev–Trinajstić information content (AvgIpc) is 3.60. The molecule has 3 heterocycles. The van der Waals surface area contributed by atoms with Crippen LogP contribution in [0.25, 0.3) is 10.9 Å². The molecule has 9 heteroatoms. The molecule has 1 N–H and O–H groups in total. The summed E-state index contributed by atoms with van der Waals surface area (Å²) in [5.74, 6) is 1.22. The minimum atomic E-state index is -0.426. The standard InChI is InChI=1S/C30H26Cl2N4O3/c31-21-4-9-24(10-5-21)39-30(37)36-15-12-25-26-18-22(32)6-11-27(26)34-28(25)29(36)20-2-7-23(8-3-20)38-17-1-14-35-16-13-33-19-35/h2-11,13,16,18-19,29,34H,1,12,14-15,17H2. The van der Waals surface area contributed by atoms with Crippen molar-refractivity contribution in [3.8, 4) is 11.5 Å². The van der Waals surface area contributed by atoms with Gasteiger partial charge >= 0.3 is 6.09 Å². The van der Waals surface area contributed by atoms with E-state index in [1.165, 1.54) is 0 Å². The number of carbonyl (C=O) groups is 1. The number of rotatable bonds is 7. The third-order valence-electron chi connectivity index (χ3n) is 6.93. The second kappa shape index (κ2) is 11.0. The Morgan fingerprint density at radius 2 is 1.77 bits per heavy atom. The van der Waals surface area contributed by atoms with Crippen LogP contribution in [0.1, 0.15) is 29.3 Å². The molecule has 7 nitrogen and oxygen atoms in total. The van der Waals surface area contributed by atoms with Gasteiger partial charge in [0.05, 0.1) is 12.9 Å². The van der Waals surface area contributed by atoms with E-state index in [1.54, 1.807) is 41.7 Å². The first-order valence-corrected chi connectivity index (χ1v) is 13.5. The maximum absolute atomic E-state index is 13.5. The quantitative estimate of drug-likeness (QED) is 0.212. The highest BCUT2D eigenvalue weighted by Gasteiger charge is 2.35. The highest BCUT2D eigenvalue weighted by Crippen LogP contribution is 2.40. The number of fused-ring (bicyclic) bond motifs is 3. The van der Waals surface area contributed by atoms with Crippen LogP contribution in [0.4, 0.5) is 4.79 Å². The van der Waals surface area contributed by atoms with Gasteiger partial charge in [-0.05, 0) is 78.6 Å². The van der Waals surface area contributed by atoms with Crippen LogP contribution >= 0.6 is 23.2 Å². The number of benzene rings is 3. The topological polar surface area (TPSA) is 72.4 Å². The van der Waals surface area contributed by atoms with Crippen molar-refractivity contribution >= 4 is 40.2 Å². The number of amides is 1. The Morgan fingerprint density at radius 3 is 2.54 bits per heavy atom. The number of nitrogens with one attached hydrogen (secondary N) is 1. The molecule has 0 saturated carbocycles. The Labute approximate surface area is 235 Å². The van der Waals surface area contributed by atoms with Crippen molar-refractivity contribution < 1.29 is 14.3 Å². The molecular weight excluding hydrogens is 535 g/mol. The number of H-pyrrole nitrogens is 1. The number of ether oxygens (including phenoxy) is 2. The molecule has 2 aromatic heterocycles. The van der Waals surface area contributed by atoms with E-state index in [0.717, 1.165) is 46.4 Å². The van der Waals surface area contributed by atoms with Crippen molar-refractivity contribution in [1.29, 1.82) is 0 Å². The van der Waals surface area contributed by atoms with E-state index in [1.807, 2.05) is 53.2 Å². The lowest BCUT2D eigenvalue weighted by atomic mass is 9.92. The number of aryl methyl sites for hydroxylation is 1. The van der Waals surface area contributed by atoms with Crippen LogP contribution in [0.2, 0.25) is 10.0 Å². The largest absolute Gasteiger partial charge is 0.494 e. The Bertz CT molecular complexity index is 1580. The van der Waals surface area contributed by atoms with Crippen LogP contribution in [-0.2, 0) is 13.0 Å². The van der Waals surface area contributed by atoms with Gasteiger partial charge in [-0.2, -0.15) is 0 Å². The fourth-order valence-corrected chi connectivity index (χ4v) is 5.37. The van der Waals surface area contributed by atoms with Crippen molar-refractivity contribution in [2.75, 3.05) is 13.2 Å². The number of aromatic amines is 1. The maximum atomic E-state index is 13.5. The van der Waals surface area contributed by atoms with Gasteiger partial charge in [-0.25, -0.2) is 9.78 Å². The summed E-state index contributed by atoms with van der Waals surface area (Å²) in [6.45, 7) is 1.93. The number of hydrogen-bond acceptors (Lipinski definition) is 4. The average molecular weight is 561 g/mol. The van der Waals surface area contributed by atoms with Crippen molar-refractivity contribution in [2.45, 2.75) is 25.4 Å². The molecule has 39 heavy (non-hydrogen) atoms. The molecule has 5 aromatic rings. The monoisotopic (exact) mass is 560 g/mol. The molecule has 1 unspecified atom stereocenters. The Kier molecular flexibility index (Phi) is 7.18. The zero-order valence-corrected chi connectivity index (χ0v) is 22.5. The van der Waals surface area contributed by atoms with Crippen LogP contribution in [0.5, 0.6) is 11.5 Å². The molecule has 0 bridgehead atoms. The molecule has 6 rings (SSSR count). The van der Waals surface area contributed by atoms with Crippen molar-refractivity contribution in [1.82, 2.24) is 19.4 Å². The molecule has 0 saturated heterocycles. The molecule has 1 aliphatic rings. The van der Waals surface area contributed by atoms with Crippen LogP contribution in [0.15, 0.2) is 85.5 Å². The van der Waals surface area contributed by atoms with Gasteiger partial charge in [-0.3, -0.25) is 4.90 Å². The predicted octanol–water partition coefficient (Wildman–Crippen LogP) is 7.29. The van der Waals surface area contributed by atoms with E-state index >= 15 is 0 Å². The molecule has 1 atom stereocenters. The number of imidazole rings is 1. The lowest BCUT2D eigenvalue weighted by molar-refractivity contribution is 0.135. The Hall–Kier alpha value is -3.94. The van der Waals surface area contributed by atoms with E-state index < -0.39 is 6.09 Å². The molecular formula is C30H26Cl2N4O3. The summed E-state index contributed by atoms with van der Waals surface area (Å²) >= 11 is 12.3. The summed E-state index contributed by atoms with van der Waals surface area (Å²) in [7, 11) is 0. The second-order valence-electron chi connectivity index (χ2n) is 9.45. The lowest BCUT2D eigenvalue weighted by Crippen LogP contribution is -2.42. The fraction of sp³-hybridized carbons (Fsp3) is 0.200. The van der Waals surface area contributed by atoms with Crippen molar-refractivity contribution in [2.24, 2.45) is 0 Å². The molecule has 1 amide bonds. The van der Waals surface area contributed by atoms with Gasteiger partial charge in [0.2, 0.25) is 0 Å². The molecule has 198 valence electrons. The number of nitrogens with zero attached hydrogens (tertiary/aromatic N) is 3. The van der Waals surface area contributed by atoms with Crippen LogP contribution in [-0.4, -0.2) is 38.7 Å². The third kappa shape index (κ3) is 5.46. The normalized spacial score (nSPS) is 14.8. The fourth-order valence-electron chi connectivity index (χ4n) is 5.07. The SMILES string of the molecule is O=C(Oc1ccc(Cl)cc1)N1CCc2c([nH]c3ccc(Cl)cc23)C1c1ccc(OCCCn2ccnc2)cc1. The molecule has 1 aliphatic heterocycles. The summed E-state index contributed by atoms with van der Waals surface area (Å²) in [4.78, 5) is 22.8. The highest BCUT2D eigenvalue weighted by molar-refractivity contribution is 6.31. The Balaban J connectivity index is 1.26. The van der Waals surface area contributed by atoms with Crippen LogP contribution < -0.4 is 9.47 Å². The van der Waals surface area contributed by atoms with Crippen molar-refractivity contribution in [3.63, 3.8) is 0 Å². The van der Waals surface area contributed by atoms with Crippen molar-refractivity contribution in [3.05, 3.63) is 112 Å². The number of carbonyl (C=O) groups excluding carboxylic acids is 1. The van der Waals surface area contributed by atoms with Gasteiger partial charge in [-0.15, -0.1) is 0 Å². The zero-order valence-electron chi connectivity index (χ0n) is 21.0. The van der Waals surface area contributed by atoms with E-state index in [-0.39, 0.29) is 6.04 Å².